The zero-order valence-electron chi connectivity index (χ0n) is 10.9. The van der Waals surface area contributed by atoms with Gasteiger partial charge in [0.15, 0.2) is 0 Å². The van der Waals surface area contributed by atoms with Crippen LogP contribution < -0.4 is 5.32 Å². The number of hydrogen-bond acceptors (Lipinski definition) is 2. The summed E-state index contributed by atoms with van der Waals surface area (Å²) in [5.74, 6) is -0.935. The first-order chi connectivity index (χ1) is 9.06. The molecule has 0 radical (unpaired) electrons. The van der Waals surface area contributed by atoms with Crippen molar-refractivity contribution in [3.8, 4) is 0 Å². The van der Waals surface area contributed by atoms with Gasteiger partial charge >= 0.3 is 0 Å². The number of hydrogen-bond donors (Lipinski definition) is 1. The molecule has 1 aromatic heterocycles. The normalized spacial score (nSPS) is 10.3. The molecule has 2 rings (SSSR count). The smallest absolute Gasteiger partial charge is 0.254 e. The maximum atomic E-state index is 13.6. The second-order valence-corrected chi connectivity index (χ2v) is 4.44. The van der Waals surface area contributed by atoms with E-state index in [-0.39, 0.29) is 12.1 Å². The van der Waals surface area contributed by atoms with E-state index in [1.54, 1.807) is 13.0 Å². The van der Waals surface area contributed by atoms with Crippen LogP contribution in [0.4, 0.5) is 4.39 Å². The molecule has 0 unspecified atom stereocenters. The maximum absolute atomic E-state index is 13.6. The van der Waals surface area contributed by atoms with Crippen LogP contribution in [0.3, 0.4) is 0 Å². The summed E-state index contributed by atoms with van der Waals surface area (Å²) in [5, 5.41) is 2.66. The third kappa shape index (κ3) is 3.37. The van der Waals surface area contributed by atoms with Gasteiger partial charge in [-0.25, -0.2) is 4.39 Å². The van der Waals surface area contributed by atoms with E-state index in [1.807, 2.05) is 25.1 Å². The van der Waals surface area contributed by atoms with Crippen LogP contribution in [0, 0.1) is 19.7 Å². The number of rotatable bonds is 3. The Morgan fingerprint density at radius 2 is 2.05 bits per heavy atom. The zero-order chi connectivity index (χ0) is 13.8. The lowest BCUT2D eigenvalue weighted by atomic mass is 10.1. The Morgan fingerprint density at radius 1 is 1.26 bits per heavy atom. The van der Waals surface area contributed by atoms with Crippen molar-refractivity contribution in [2.24, 2.45) is 0 Å². The number of pyridine rings is 1. The number of aromatic nitrogens is 1. The molecule has 0 aliphatic rings. The number of aryl methyl sites for hydroxylation is 2. The highest BCUT2D eigenvalue weighted by Crippen LogP contribution is 2.10. The van der Waals surface area contributed by atoms with Gasteiger partial charge in [-0.15, -0.1) is 0 Å². The van der Waals surface area contributed by atoms with Crippen LogP contribution in [0.25, 0.3) is 0 Å². The number of carbonyl (C=O) groups is 1. The van der Waals surface area contributed by atoms with Gasteiger partial charge in [0.1, 0.15) is 5.82 Å². The molecule has 0 spiro atoms. The van der Waals surface area contributed by atoms with Crippen LogP contribution in [-0.4, -0.2) is 10.9 Å². The molecule has 0 fully saturated rings. The average Bonchev–Trinajstić information content (AvgIpc) is 2.36. The molecule has 2 aromatic rings. The molecule has 0 atom stereocenters. The zero-order valence-corrected chi connectivity index (χ0v) is 10.9. The van der Waals surface area contributed by atoms with Crippen molar-refractivity contribution in [2.75, 3.05) is 0 Å². The Kier molecular flexibility index (Phi) is 3.90. The van der Waals surface area contributed by atoms with Crippen LogP contribution in [0.15, 0.2) is 36.4 Å². The third-order valence-electron chi connectivity index (χ3n) is 2.75. The van der Waals surface area contributed by atoms with E-state index in [2.05, 4.69) is 10.3 Å². The van der Waals surface area contributed by atoms with Crippen LogP contribution in [-0.2, 0) is 6.54 Å². The van der Waals surface area contributed by atoms with Crippen LogP contribution in [0.5, 0.6) is 0 Å². The Hall–Kier alpha value is -2.23. The fourth-order valence-corrected chi connectivity index (χ4v) is 1.77. The molecule has 0 aliphatic heterocycles. The predicted octanol–water partition coefficient (Wildman–Crippen LogP) is 2.77. The standard InChI is InChI=1S/C15H15FN2O/c1-10-6-7-13(14(16)8-10)15(19)17-9-12-5-3-4-11(2)18-12/h3-8H,9H2,1-2H3,(H,17,19). The van der Waals surface area contributed by atoms with Crippen molar-refractivity contribution < 1.29 is 9.18 Å². The minimum atomic E-state index is -0.505. The van der Waals surface area contributed by atoms with Crippen LogP contribution >= 0.6 is 0 Å². The van der Waals surface area contributed by atoms with Gasteiger partial charge in [-0.1, -0.05) is 12.1 Å². The SMILES string of the molecule is Cc1ccc(C(=O)NCc2cccc(C)n2)c(F)c1. The number of amides is 1. The van der Waals surface area contributed by atoms with E-state index in [0.29, 0.717) is 0 Å². The molecule has 4 heteroatoms. The first-order valence-electron chi connectivity index (χ1n) is 6.03. The molecule has 3 nitrogen and oxygen atoms in total. The van der Waals surface area contributed by atoms with E-state index in [9.17, 15) is 9.18 Å². The second kappa shape index (κ2) is 5.61. The second-order valence-electron chi connectivity index (χ2n) is 4.44. The quantitative estimate of drug-likeness (QED) is 0.919. The fourth-order valence-electron chi connectivity index (χ4n) is 1.77. The van der Waals surface area contributed by atoms with Gasteiger partial charge in [0, 0.05) is 5.69 Å². The van der Waals surface area contributed by atoms with Gasteiger partial charge in [0.2, 0.25) is 0 Å². The number of halogens is 1. The average molecular weight is 258 g/mol. The minimum absolute atomic E-state index is 0.0539. The highest BCUT2D eigenvalue weighted by atomic mass is 19.1. The summed E-state index contributed by atoms with van der Waals surface area (Å²) in [6.07, 6.45) is 0. The predicted molar refractivity (Wildman–Crippen MR) is 71.3 cm³/mol. The number of carbonyl (C=O) groups excluding carboxylic acids is 1. The monoisotopic (exact) mass is 258 g/mol. The lowest BCUT2D eigenvalue weighted by Crippen LogP contribution is -2.24. The van der Waals surface area contributed by atoms with Gasteiger partial charge in [-0.3, -0.25) is 9.78 Å². The van der Waals surface area contributed by atoms with Gasteiger partial charge in [0.05, 0.1) is 17.8 Å². The van der Waals surface area contributed by atoms with Crippen LogP contribution in [0.1, 0.15) is 27.3 Å². The Labute approximate surface area is 111 Å². The Morgan fingerprint density at radius 3 is 2.74 bits per heavy atom. The first-order valence-corrected chi connectivity index (χ1v) is 6.03. The Bertz CT molecular complexity index is 611. The molecule has 19 heavy (non-hydrogen) atoms. The van der Waals surface area contributed by atoms with Gasteiger partial charge < -0.3 is 5.32 Å². The molecule has 0 bridgehead atoms. The summed E-state index contributed by atoms with van der Waals surface area (Å²) < 4.78 is 13.6. The van der Waals surface area contributed by atoms with Gasteiger partial charge in [-0.2, -0.15) is 0 Å². The fraction of sp³-hybridized carbons (Fsp3) is 0.200. The highest BCUT2D eigenvalue weighted by Gasteiger charge is 2.11. The molecule has 1 aromatic carbocycles. The molecule has 1 heterocycles. The number of nitrogens with zero attached hydrogens (tertiary/aromatic N) is 1. The largest absolute Gasteiger partial charge is 0.346 e. The highest BCUT2D eigenvalue weighted by molar-refractivity contribution is 5.94. The number of nitrogens with one attached hydrogen (secondary N) is 1. The summed E-state index contributed by atoms with van der Waals surface area (Å²) in [5.41, 5.74) is 2.47. The third-order valence-corrected chi connectivity index (χ3v) is 2.75. The van der Waals surface area contributed by atoms with Gasteiger partial charge in [0.25, 0.3) is 5.91 Å². The first kappa shape index (κ1) is 13.2. The lowest BCUT2D eigenvalue weighted by molar-refractivity contribution is 0.0946. The minimum Gasteiger partial charge on any atom is -0.346 e. The van der Waals surface area contributed by atoms with Crippen molar-refractivity contribution in [3.63, 3.8) is 0 Å². The summed E-state index contributed by atoms with van der Waals surface area (Å²) in [6, 6.07) is 10.1. The summed E-state index contributed by atoms with van der Waals surface area (Å²) >= 11 is 0. The van der Waals surface area contributed by atoms with Crippen LogP contribution in [0.2, 0.25) is 0 Å². The summed E-state index contributed by atoms with van der Waals surface area (Å²) in [7, 11) is 0. The van der Waals surface area contributed by atoms with Gasteiger partial charge in [-0.05, 0) is 43.7 Å². The van der Waals surface area contributed by atoms with E-state index >= 15 is 0 Å². The Balaban J connectivity index is 2.05. The summed E-state index contributed by atoms with van der Waals surface area (Å²) in [4.78, 5) is 16.1. The molecule has 0 saturated heterocycles. The molecule has 98 valence electrons. The molecular weight excluding hydrogens is 243 g/mol. The summed E-state index contributed by atoms with van der Waals surface area (Å²) in [6.45, 7) is 3.94. The van der Waals surface area contributed by atoms with Crippen molar-refractivity contribution in [1.82, 2.24) is 10.3 Å². The topological polar surface area (TPSA) is 42.0 Å². The molecule has 1 N–H and O–H groups in total. The van der Waals surface area contributed by atoms with E-state index in [1.165, 1.54) is 12.1 Å². The number of benzene rings is 1. The molecule has 1 amide bonds. The molecule has 0 saturated carbocycles. The van der Waals surface area contributed by atoms with Crippen molar-refractivity contribution >= 4 is 5.91 Å². The van der Waals surface area contributed by atoms with Crippen molar-refractivity contribution in [2.45, 2.75) is 20.4 Å². The van der Waals surface area contributed by atoms with E-state index < -0.39 is 11.7 Å². The molecule has 0 aliphatic carbocycles. The molecular formula is C15H15FN2O. The maximum Gasteiger partial charge on any atom is 0.254 e. The van der Waals surface area contributed by atoms with Crippen molar-refractivity contribution in [3.05, 3.63) is 64.7 Å². The lowest BCUT2D eigenvalue weighted by Gasteiger charge is -2.07. The van der Waals surface area contributed by atoms with E-state index in [4.69, 9.17) is 0 Å². The van der Waals surface area contributed by atoms with Crippen molar-refractivity contribution in [1.29, 1.82) is 0 Å². The van der Waals surface area contributed by atoms with E-state index in [0.717, 1.165) is 17.0 Å².